The molecule has 0 radical (unpaired) electrons. The topological polar surface area (TPSA) is 101 Å². The van der Waals surface area contributed by atoms with Gasteiger partial charge in [-0.3, -0.25) is 9.10 Å². The lowest BCUT2D eigenvalue weighted by Crippen LogP contribution is -2.41. The third-order valence-electron chi connectivity index (χ3n) is 4.43. The van der Waals surface area contributed by atoms with Crippen LogP contribution in [-0.2, 0) is 24.7 Å². The smallest absolute Gasteiger partial charge is 0.241 e. The molecule has 1 amide bonds. The summed E-state index contributed by atoms with van der Waals surface area (Å²) in [6, 6.07) is 12.9. The van der Waals surface area contributed by atoms with Gasteiger partial charge >= 0.3 is 0 Å². The number of benzene rings is 2. The van der Waals surface area contributed by atoms with Gasteiger partial charge in [0.15, 0.2) is 9.84 Å². The highest BCUT2D eigenvalue weighted by Crippen LogP contribution is 2.21. The van der Waals surface area contributed by atoms with Gasteiger partial charge in [0, 0.05) is 6.26 Å². The van der Waals surface area contributed by atoms with Crippen LogP contribution in [0.5, 0.6) is 0 Å². The van der Waals surface area contributed by atoms with Crippen LogP contribution < -0.4 is 9.62 Å². The normalized spacial score (nSPS) is 13.0. The van der Waals surface area contributed by atoms with Crippen molar-refractivity contribution in [2.24, 2.45) is 0 Å². The summed E-state index contributed by atoms with van der Waals surface area (Å²) in [6.07, 6.45) is 2.75. The maximum Gasteiger partial charge on any atom is 0.241 e. The molecule has 2 aromatic carbocycles. The zero-order chi connectivity index (χ0) is 21.8. The highest BCUT2D eigenvalue weighted by molar-refractivity contribution is 7.92. The van der Waals surface area contributed by atoms with Crippen molar-refractivity contribution in [3.05, 3.63) is 59.7 Å². The number of nitrogens with zero attached hydrogens (tertiary/aromatic N) is 1. The molecule has 0 saturated carbocycles. The van der Waals surface area contributed by atoms with Crippen LogP contribution in [0.1, 0.15) is 30.5 Å². The van der Waals surface area contributed by atoms with Crippen LogP contribution in [-0.4, -0.2) is 41.8 Å². The lowest BCUT2D eigenvalue weighted by molar-refractivity contribution is -0.120. The van der Waals surface area contributed by atoms with Crippen LogP contribution in [0.4, 0.5) is 5.69 Å². The van der Waals surface area contributed by atoms with E-state index < -0.39 is 25.8 Å². The molecule has 7 nitrogen and oxygen atoms in total. The molecule has 1 atom stereocenters. The second-order valence-corrected chi connectivity index (χ2v) is 10.9. The number of hydrogen-bond acceptors (Lipinski definition) is 5. The fraction of sp³-hybridized carbons (Fsp3) is 0.350. The molecule has 1 N–H and O–H groups in total. The summed E-state index contributed by atoms with van der Waals surface area (Å²) in [5, 5.41) is 2.83. The van der Waals surface area contributed by atoms with Gasteiger partial charge in [-0.05, 0) is 48.7 Å². The van der Waals surface area contributed by atoms with Gasteiger partial charge in [-0.25, -0.2) is 16.8 Å². The molecule has 0 bridgehead atoms. The molecule has 0 aliphatic carbocycles. The van der Waals surface area contributed by atoms with E-state index in [1.165, 1.54) is 12.1 Å². The lowest BCUT2D eigenvalue weighted by Gasteiger charge is -2.24. The van der Waals surface area contributed by atoms with Gasteiger partial charge in [0.25, 0.3) is 0 Å². The summed E-state index contributed by atoms with van der Waals surface area (Å²) >= 11 is 0. The number of anilines is 1. The molecular formula is C20H26N2O5S2. The molecule has 0 aliphatic rings. The third-order valence-corrected chi connectivity index (χ3v) is 6.70. The molecule has 0 fully saturated rings. The van der Waals surface area contributed by atoms with Gasteiger partial charge in [-0.1, -0.05) is 31.2 Å². The Bertz CT molecular complexity index is 1080. The fourth-order valence-corrected chi connectivity index (χ4v) is 4.40. The summed E-state index contributed by atoms with van der Waals surface area (Å²) in [5.74, 6) is -0.448. The Morgan fingerprint density at radius 2 is 1.66 bits per heavy atom. The van der Waals surface area contributed by atoms with Crippen LogP contribution in [0, 0.1) is 6.92 Å². The van der Waals surface area contributed by atoms with Crippen molar-refractivity contribution in [1.29, 1.82) is 0 Å². The number of sulfonamides is 1. The van der Waals surface area contributed by atoms with Crippen molar-refractivity contribution in [3.63, 3.8) is 0 Å². The summed E-state index contributed by atoms with van der Waals surface area (Å²) in [7, 11) is -6.96. The second kappa shape index (κ2) is 8.96. The first-order valence-corrected chi connectivity index (χ1v) is 12.8. The SMILES string of the molecule is CC[C@@H](NC(=O)CN(c1cccc(C)c1)S(C)(=O)=O)c1ccc(S(C)(=O)=O)cc1. The lowest BCUT2D eigenvalue weighted by atomic mass is 10.0. The fourth-order valence-electron chi connectivity index (χ4n) is 2.92. The Hall–Kier alpha value is -2.39. The van der Waals surface area contributed by atoms with E-state index in [2.05, 4.69) is 5.32 Å². The minimum absolute atomic E-state index is 0.199. The average Bonchev–Trinajstić information content (AvgIpc) is 2.62. The molecule has 0 heterocycles. The predicted molar refractivity (Wildman–Crippen MR) is 114 cm³/mol. The molecule has 0 spiro atoms. The molecule has 2 rings (SSSR count). The minimum Gasteiger partial charge on any atom is -0.348 e. The summed E-state index contributed by atoms with van der Waals surface area (Å²) < 4.78 is 48.7. The van der Waals surface area contributed by atoms with Crippen LogP contribution in [0.15, 0.2) is 53.4 Å². The average molecular weight is 439 g/mol. The first-order valence-electron chi connectivity index (χ1n) is 9.05. The van der Waals surface area contributed by atoms with Crippen LogP contribution in [0.2, 0.25) is 0 Å². The molecule has 0 unspecified atom stereocenters. The molecule has 0 saturated heterocycles. The highest BCUT2D eigenvalue weighted by atomic mass is 32.2. The Kier molecular flexibility index (Phi) is 7.07. The Morgan fingerprint density at radius 3 is 2.14 bits per heavy atom. The van der Waals surface area contributed by atoms with E-state index in [-0.39, 0.29) is 17.5 Å². The monoisotopic (exact) mass is 438 g/mol. The van der Waals surface area contributed by atoms with E-state index >= 15 is 0 Å². The first kappa shape index (κ1) is 22.9. The summed E-state index contributed by atoms with van der Waals surface area (Å²) in [5.41, 5.74) is 2.05. The predicted octanol–water partition coefficient (Wildman–Crippen LogP) is 2.43. The zero-order valence-corrected chi connectivity index (χ0v) is 18.5. The first-order chi connectivity index (χ1) is 13.4. The van der Waals surface area contributed by atoms with Crippen molar-refractivity contribution in [3.8, 4) is 0 Å². The van der Waals surface area contributed by atoms with Gasteiger partial charge < -0.3 is 5.32 Å². The maximum atomic E-state index is 12.6. The van der Waals surface area contributed by atoms with E-state index in [0.29, 0.717) is 12.1 Å². The molecular weight excluding hydrogens is 412 g/mol. The number of rotatable bonds is 8. The van der Waals surface area contributed by atoms with Crippen LogP contribution >= 0.6 is 0 Å². The van der Waals surface area contributed by atoms with Crippen molar-refractivity contribution < 1.29 is 21.6 Å². The number of nitrogens with one attached hydrogen (secondary N) is 1. The summed E-state index contributed by atoms with van der Waals surface area (Å²) in [6.45, 7) is 3.38. The number of amides is 1. The number of sulfone groups is 1. The van der Waals surface area contributed by atoms with Gasteiger partial charge in [0.2, 0.25) is 15.9 Å². The Morgan fingerprint density at radius 1 is 1.03 bits per heavy atom. The second-order valence-electron chi connectivity index (χ2n) is 6.98. The van der Waals surface area contributed by atoms with Gasteiger partial charge in [-0.15, -0.1) is 0 Å². The van der Waals surface area contributed by atoms with Gasteiger partial charge in [-0.2, -0.15) is 0 Å². The summed E-state index contributed by atoms with van der Waals surface area (Å²) in [4.78, 5) is 12.8. The van der Waals surface area contributed by atoms with Gasteiger partial charge in [0.1, 0.15) is 6.54 Å². The molecule has 0 aromatic heterocycles. The maximum absolute atomic E-state index is 12.6. The number of hydrogen-bond donors (Lipinski definition) is 1. The Balaban J connectivity index is 2.19. The van der Waals surface area contributed by atoms with Crippen molar-refractivity contribution in [1.82, 2.24) is 5.32 Å². The van der Waals surface area contributed by atoms with Crippen molar-refractivity contribution in [2.75, 3.05) is 23.4 Å². The Labute approximate surface area is 172 Å². The third kappa shape index (κ3) is 6.30. The standard InChI is InChI=1S/C20H26N2O5S2/c1-5-19(16-9-11-18(12-10-16)28(3,24)25)21-20(23)14-22(29(4,26)27)17-8-6-7-15(2)13-17/h6-13,19H,5,14H2,1-4H3,(H,21,23)/t19-/m1/s1. The molecule has 158 valence electrons. The van der Waals surface area contributed by atoms with E-state index in [1.807, 2.05) is 19.9 Å². The molecule has 0 aliphatic heterocycles. The zero-order valence-electron chi connectivity index (χ0n) is 16.9. The highest BCUT2D eigenvalue weighted by Gasteiger charge is 2.22. The van der Waals surface area contributed by atoms with Crippen LogP contribution in [0.3, 0.4) is 0 Å². The molecule has 9 heteroatoms. The number of carbonyl (C=O) groups is 1. The van der Waals surface area contributed by atoms with Crippen molar-refractivity contribution in [2.45, 2.75) is 31.2 Å². The molecule has 29 heavy (non-hydrogen) atoms. The largest absolute Gasteiger partial charge is 0.348 e. The van der Waals surface area contributed by atoms with E-state index in [4.69, 9.17) is 0 Å². The minimum atomic E-state index is -3.65. The van der Waals surface area contributed by atoms with E-state index in [9.17, 15) is 21.6 Å². The quantitative estimate of drug-likeness (QED) is 0.682. The van der Waals surface area contributed by atoms with E-state index in [0.717, 1.165) is 27.9 Å². The number of aryl methyl sites for hydroxylation is 1. The number of carbonyl (C=O) groups excluding carboxylic acids is 1. The van der Waals surface area contributed by atoms with E-state index in [1.54, 1.807) is 30.3 Å². The van der Waals surface area contributed by atoms with Crippen molar-refractivity contribution >= 4 is 31.5 Å². The van der Waals surface area contributed by atoms with Gasteiger partial charge in [0.05, 0.1) is 22.9 Å². The molecule has 2 aromatic rings. The van der Waals surface area contributed by atoms with Crippen LogP contribution in [0.25, 0.3) is 0 Å².